The van der Waals surface area contributed by atoms with Crippen molar-refractivity contribution < 1.29 is 18.0 Å². The average molecular weight is 184 g/mol. The van der Waals surface area contributed by atoms with Gasteiger partial charge in [-0.15, -0.1) is 0 Å². The van der Waals surface area contributed by atoms with Crippen LogP contribution in [0.15, 0.2) is 18.2 Å². The molecule has 0 amide bonds. The molecule has 0 unspecified atom stereocenters. The van der Waals surface area contributed by atoms with Gasteiger partial charge in [0, 0.05) is 5.56 Å². The van der Waals surface area contributed by atoms with Crippen molar-refractivity contribution in [1.29, 1.82) is 0 Å². The quantitative estimate of drug-likeness (QED) is 0.475. The molecule has 0 aliphatic carbocycles. The summed E-state index contributed by atoms with van der Waals surface area (Å²) in [7, 11) is 5.24. The van der Waals surface area contributed by atoms with E-state index in [1.165, 1.54) is 0 Å². The van der Waals surface area contributed by atoms with Crippen LogP contribution in [-0.4, -0.2) is 14.1 Å². The fourth-order valence-electron chi connectivity index (χ4n) is 0.853. The summed E-state index contributed by atoms with van der Waals surface area (Å²) in [6, 6.07) is 2.62. The Morgan fingerprint density at radius 2 is 1.92 bits per heavy atom. The third-order valence-electron chi connectivity index (χ3n) is 1.54. The number of carbonyl (C=O) groups excluding carboxylic acids is 1. The minimum absolute atomic E-state index is 0.0444. The summed E-state index contributed by atoms with van der Waals surface area (Å²) in [6.45, 7) is 0. The molecule has 0 fully saturated rings. The molecule has 0 saturated heterocycles. The van der Waals surface area contributed by atoms with Crippen LogP contribution in [0.4, 0.5) is 13.2 Å². The van der Waals surface area contributed by atoms with Gasteiger partial charge in [-0.1, -0.05) is 17.6 Å². The second kappa shape index (κ2) is 3.24. The Bertz CT molecular complexity index is 333. The number of hydrogen-bond acceptors (Lipinski definition) is 1. The zero-order valence-electron chi connectivity index (χ0n) is 6.43. The molecule has 1 rings (SSSR count). The summed E-state index contributed by atoms with van der Waals surface area (Å²) < 4.78 is 36.2. The number of rotatable bonds is 1. The molecule has 0 heterocycles. The second-order valence-corrected chi connectivity index (χ2v) is 2.46. The lowest BCUT2D eigenvalue weighted by molar-refractivity contribution is -0.137. The molecule has 13 heavy (non-hydrogen) atoms. The van der Waals surface area contributed by atoms with Crippen molar-refractivity contribution in [2.75, 3.05) is 0 Å². The number of carbonyl (C=O) groups is 1. The molecule has 0 spiro atoms. The number of halogens is 3. The Balaban J connectivity index is 3.21. The summed E-state index contributed by atoms with van der Waals surface area (Å²) in [4.78, 5) is 10.3. The molecule has 0 aromatic heterocycles. The molecule has 0 aliphatic heterocycles. The number of aldehydes is 1. The first-order valence-electron chi connectivity index (χ1n) is 3.37. The summed E-state index contributed by atoms with van der Waals surface area (Å²) in [5.74, 6) is 0. The summed E-state index contributed by atoms with van der Waals surface area (Å²) in [6.07, 6.45) is -4.14. The fourth-order valence-corrected chi connectivity index (χ4v) is 0.853. The molecule has 66 valence electrons. The van der Waals surface area contributed by atoms with Crippen molar-refractivity contribution in [2.24, 2.45) is 0 Å². The van der Waals surface area contributed by atoms with Crippen molar-refractivity contribution in [3.05, 3.63) is 29.3 Å². The first-order valence-corrected chi connectivity index (χ1v) is 3.37. The second-order valence-electron chi connectivity index (χ2n) is 2.46. The lowest BCUT2D eigenvalue weighted by Gasteiger charge is -2.07. The van der Waals surface area contributed by atoms with Crippen LogP contribution >= 0.6 is 0 Å². The Labute approximate surface area is 74.0 Å². The monoisotopic (exact) mass is 184 g/mol. The molecule has 0 N–H and O–H groups in total. The van der Waals surface area contributed by atoms with Crippen molar-refractivity contribution in [2.45, 2.75) is 6.18 Å². The lowest BCUT2D eigenvalue weighted by atomic mass is 9.90. The van der Waals surface area contributed by atoms with Gasteiger partial charge in [-0.2, -0.15) is 13.2 Å². The van der Waals surface area contributed by atoms with Crippen LogP contribution in [-0.2, 0) is 6.18 Å². The topological polar surface area (TPSA) is 17.1 Å². The highest BCUT2D eigenvalue weighted by atomic mass is 19.4. The van der Waals surface area contributed by atoms with Gasteiger partial charge in [0.05, 0.1) is 5.56 Å². The normalized spacial score (nSPS) is 11.3. The molecule has 0 atom stereocenters. The zero-order chi connectivity index (χ0) is 10.1. The van der Waals surface area contributed by atoms with Crippen molar-refractivity contribution >= 4 is 19.6 Å². The van der Waals surface area contributed by atoms with Gasteiger partial charge in [-0.05, 0) is 6.07 Å². The van der Waals surface area contributed by atoms with E-state index in [4.69, 9.17) is 7.85 Å². The molecule has 5 heteroatoms. The van der Waals surface area contributed by atoms with Crippen molar-refractivity contribution in [1.82, 2.24) is 0 Å². The molecule has 0 saturated carbocycles. The summed E-state index contributed by atoms with van der Waals surface area (Å²) in [5.41, 5.74) is -0.971. The number of hydrogen-bond donors (Lipinski definition) is 0. The minimum atomic E-state index is -4.44. The van der Waals surface area contributed by atoms with Crippen molar-refractivity contribution in [3.63, 3.8) is 0 Å². The van der Waals surface area contributed by atoms with Crippen LogP contribution in [0, 0.1) is 0 Å². The van der Waals surface area contributed by atoms with E-state index >= 15 is 0 Å². The molecule has 0 aliphatic rings. The number of benzene rings is 1. The van der Waals surface area contributed by atoms with E-state index < -0.39 is 11.7 Å². The standard InChI is InChI=1S/C8H4BF3O/c9-7-2-1-6(8(10,11)12)3-5(7)4-13/h1-4H. The van der Waals surface area contributed by atoms with Gasteiger partial charge in [0.25, 0.3) is 0 Å². The van der Waals surface area contributed by atoms with E-state index in [1.807, 2.05) is 0 Å². The van der Waals surface area contributed by atoms with Crippen LogP contribution in [0.3, 0.4) is 0 Å². The van der Waals surface area contributed by atoms with Gasteiger partial charge in [0.15, 0.2) is 0 Å². The van der Waals surface area contributed by atoms with E-state index in [9.17, 15) is 18.0 Å². The zero-order valence-corrected chi connectivity index (χ0v) is 6.43. The summed E-state index contributed by atoms with van der Waals surface area (Å²) in [5, 5.41) is 0. The fraction of sp³-hybridized carbons (Fsp3) is 0.125. The molecule has 1 nitrogen and oxygen atoms in total. The average Bonchev–Trinajstić information content (AvgIpc) is 2.03. The third-order valence-corrected chi connectivity index (χ3v) is 1.54. The Morgan fingerprint density at radius 1 is 1.31 bits per heavy atom. The van der Waals surface area contributed by atoms with E-state index in [2.05, 4.69) is 0 Å². The molecular weight excluding hydrogens is 180 g/mol. The van der Waals surface area contributed by atoms with Crippen LogP contribution in [0.5, 0.6) is 0 Å². The smallest absolute Gasteiger partial charge is 0.298 e. The maximum Gasteiger partial charge on any atom is 0.416 e. The van der Waals surface area contributed by atoms with E-state index in [1.54, 1.807) is 0 Å². The Morgan fingerprint density at radius 3 is 2.38 bits per heavy atom. The number of alkyl halides is 3. The van der Waals surface area contributed by atoms with E-state index in [0.717, 1.165) is 18.2 Å². The predicted octanol–water partition coefficient (Wildman–Crippen LogP) is 1.31. The van der Waals surface area contributed by atoms with Crippen LogP contribution in [0.2, 0.25) is 0 Å². The maximum absolute atomic E-state index is 12.1. The van der Waals surface area contributed by atoms with Gasteiger partial charge < -0.3 is 0 Å². The molecule has 0 bridgehead atoms. The lowest BCUT2D eigenvalue weighted by Crippen LogP contribution is -2.13. The van der Waals surface area contributed by atoms with Gasteiger partial charge in [-0.25, -0.2) is 0 Å². The van der Waals surface area contributed by atoms with Crippen LogP contribution in [0.1, 0.15) is 15.9 Å². The molecule has 1 aromatic carbocycles. The Kier molecular flexibility index (Phi) is 2.45. The highest BCUT2D eigenvalue weighted by Gasteiger charge is 2.30. The SMILES string of the molecule is [B]c1ccc(C(F)(F)F)cc1C=O. The van der Waals surface area contributed by atoms with Gasteiger partial charge in [0.1, 0.15) is 14.1 Å². The first kappa shape index (κ1) is 9.83. The molecule has 1 aromatic rings. The summed E-state index contributed by atoms with van der Waals surface area (Å²) >= 11 is 0. The maximum atomic E-state index is 12.1. The highest BCUT2D eigenvalue weighted by Crippen LogP contribution is 2.28. The van der Waals surface area contributed by atoms with Crippen LogP contribution < -0.4 is 5.46 Å². The molecular formula is C8H4BF3O. The van der Waals surface area contributed by atoms with Crippen molar-refractivity contribution in [3.8, 4) is 0 Å². The van der Waals surface area contributed by atoms with Gasteiger partial charge in [-0.3, -0.25) is 4.79 Å². The Hall–Kier alpha value is -1.26. The van der Waals surface area contributed by atoms with Crippen LogP contribution in [0.25, 0.3) is 0 Å². The first-order chi connectivity index (χ1) is 5.95. The predicted molar refractivity (Wildman–Crippen MR) is 42.2 cm³/mol. The van der Waals surface area contributed by atoms with Gasteiger partial charge >= 0.3 is 6.18 Å². The molecule has 2 radical (unpaired) electrons. The highest BCUT2D eigenvalue weighted by molar-refractivity contribution is 6.35. The van der Waals surface area contributed by atoms with E-state index in [0.29, 0.717) is 6.29 Å². The van der Waals surface area contributed by atoms with Gasteiger partial charge in [0.2, 0.25) is 0 Å². The third kappa shape index (κ3) is 2.11. The largest absolute Gasteiger partial charge is 0.416 e. The minimum Gasteiger partial charge on any atom is -0.298 e. The van der Waals surface area contributed by atoms with E-state index in [-0.39, 0.29) is 11.0 Å².